The SMILES string of the molecule is Cc1ccc(C(=O)N(CCCN)C(c2nc3c(oc4ccc(Cl)cc43)c(=O)n2Cc2ccccc2)C(C)C)cc1. The Morgan fingerprint density at radius 1 is 1.07 bits per heavy atom. The first kappa shape index (κ1) is 27.6. The van der Waals surface area contributed by atoms with Crippen LogP contribution in [0.1, 0.15) is 53.6 Å². The molecule has 2 heterocycles. The lowest BCUT2D eigenvalue weighted by Crippen LogP contribution is -2.42. The van der Waals surface area contributed by atoms with E-state index in [0.717, 1.165) is 11.1 Å². The number of carbonyl (C=O) groups excluding carboxylic acids is 1. The third kappa shape index (κ3) is 5.40. The summed E-state index contributed by atoms with van der Waals surface area (Å²) in [5, 5.41) is 1.18. The van der Waals surface area contributed by atoms with Crippen molar-refractivity contribution in [2.24, 2.45) is 11.7 Å². The van der Waals surface area contributed by atoms with Crippen molar-refractivity contribution < 1.29 is 9.21 Å². The molecule has 3 aromatic carbocycles. The number of hydrogen-bond donors (Lipinski definition) is 1. The van der Waals surface area contributed by atoms with Gasteiger partial charge in [0.2, 0.25) is 5.58 Å². The molecule has 5 rings (SSSR count). The maximum atomic E-state index is 14.1. The lowest BCUT2D eigenvalue weighted by atomic mass is 9.98. The highest BCUT2D eigenvalue weighted by Gasteiger charge is 2.33. The van der Waals surface area contributed by atoms with E-state index in [4.69, 9.17) is 26.7 Å². The van der Waals surface area contributed by atoms with E-state index in [1.807, 2.05) is 80.3 Å². The van der Waals surface area contributed by atoms with E-state index >= 15 is 0 Å². The lowest BCUT2D eigenvalue weighted by Gasteiger charge is -2.35. The van der Waals surface area contributed by atoms with Crippen LogP contribution in [0.4, 0.5) is 0 Å². The Kier molecular flexibility index (Phi) is 8.05. The number of benzene rings is 3. The van der Waals surface area contributed by atoms with Crippen LogP contribution < -0.4 is 11.3 Å². The van der Waals surface area contributed by atoms with Gasteiger partial charge >= 0.3 is 0 Å². The summed E-state index contributed by atoms with van der Waals surface area (Å²) in [5.41, 5.74) is 9.32. The minimum atomic E-state index is -0.509. The molecule has 8 heteroatoms. The van der Waals surface area contributed by atoms with E-state index < -0.39 is 6.04 Å². The highest BCUT2D eigenvalue weighted by molar-refractivity contribution is 6.31. The molecule has 0 aliphatic heterocycles. The van der Waals surface area contributed by atoms with Crippen molar-refractivity contribution in [1.29, 1.82) is 0 Å². The number of carbonyl (C=O) groups is 1. The van der Waals surface area contributed by atoms with Crippen LogP contribution in [0.3, 0.4) is 0 Å². The van der Waals surface area contributed by atoms with Gasteiger partial charge in [0.15, 0.2) is 0 Å². The van der Waals surface area contributed by atoms with Gasteiger partial charge in [0.05, 0.1) is 12.6 Å². The Morgan fingerprint density at radius 3 is 2.48 bits per heavy atom. The molecule has 206 valence electrons. The van der Waals surface area contributed by atoms with E-state index in [2.05, 4.69) is 0 Å². The zero-order valence-electron chi connectivity index (χ0n) is 22.9. The molecule has 0 fully saturated rings. The highest BCUT2D eigenvalue weighted by atomic mass is 35.5. The molecule has 1 amide bonds. The van der Waals surface area contributed by atoms with Crippen LogP contribution in [0.15, 0.2) is 82.0 Å². The third-order valence-corrected chi connectivity index (χ3v) is 7.38. The molecule has 0 saturated heterocycles. The molecule has 0 aliphatic rings. The summed E-state index contributed by atoms with van der Waals surface area (Å²) in [6.07, 6.45) is 0.607. The fourth-order valence-corrected chi connectivity index (χ4v) is 5.32. The van der Waals surface area contributed by atoms with Gasteiger partial charge in [-0.25, -0.2) is 4.98 Å². The van der Waals surface area contributed by atoms with Gasteiger partial charge in [-0.1, -0.05) is 73.5 Å². The van der Waals surface area contributed by atoms with Gasteiger partial charge in [-0.3, -0.25) is 14.2 Å². The average molecular weight is 557 g/mol. The predicted octanol–water partition coefficient (Wildman–Crippen LogP) is 6.34. The van der Waals surface area contributed by atoms with E-state index in [1.165, 1.54) is 0 Å². The fraction of sp³-hybridized carbons (Fsp3) is 0.281. The van der Waals surface area contributed by atoms with Crippen molar-refractivity contribution in [3.8, 4) is 0 Å². The fourth-order valence-electron chi connectivity index (χ4n) is 5.15. The molecule has 0 spiro atoms. The Balaban J connectivity index is 1.76. The molecular weight excluding hydrogens is 524 g/mol. The maximum Gasteiger partial charge on any atom is 0.297 e. The molecule has 0 bridgehead atoms. The number of halogens is 1. The monoisotopic (exact) mass is 556 g/mol. The second-order valence-electron chi connectivity index (χ2n) is 10.5. The van der Waals surface area contributed by atoms with Crippen LogP contribution in [0, 0.1) is 12.8 Å². The first-order valence-electron chi connectivity index (χ1n) is 13.5. The molecule has 2 aromatic heterocycles. The Labute approximate surface area is 238 Å². The highest BCUT2D eigenvalue weighted by Crippen LogP contribution is 2.33. The van der Waals surface area contributed by atoms with Crippen molar-refractivity contribution in [3.05, 3.63) is 111 Å². The third-order valence-electron chi connectivity index (χ3n) is 7.14. The summed E-state index contributed by atoms with van der Waals surface area (Å²) in [6.45, 7) is 7.19. The predicted molar refractivity (Wildman–Crippen MR) is 160 cm³/mol. The number of rotatable bonds is 9. The van der Waals surface area contributed by atoms with E-state index in [1.54, 1.807) is 22.8 Å². The number of furan rings is 1. The summed E-state index contributed by atoms with van der Waals surface area (Å²) in [7, 11) is 0. The van der Waals surface area contributed by atoms with Gasteiger partial charge in [-0.05, 0) is 61.7 Å². The van der Waals surface area contributed by atoms with Gasteiger partial charge in [-0.15, -0.1) is 0 Å². The summed E-state index contributed by atoms with van der Waals surface area (Å²) in [6, 6.07) is 22.0. The van der Waals surface area contributed by atoms with Gasteiger partial charge < -0.3 is 15.1 Å². The molecule has 5 aromatic rings. The molecule has 0 aliphatic carbocycles. The van der Waals surface area contributed by atoms with Crippen molar-refractivity contribution >= 4 is 39.6 Å². The van der Waals surface area contributed by atoms with E-state index in [9.17, 15) is 9.59 Å². The molecule has 0 saturated carbocycles. The van der Waals surface area contributed by atoms with Gasteiger partial charge in [0.25, 0.3) is 11.5 Å². The topological polar surface area (TPSA) is 94.4 Å². The maximum absolute atomic E-state index is 14.1. The smallest absolute Gasteiger partial charge is 0.297 e. The van der Waals surface area contributed by atoms with Crippen LogP contribution in [-0.4, -0.2) is 33.4 Å². The van der Waals surface area contributed by atoms with Gasteiger partial charge in [-0.2, -0.15) is 0 Å². The lowest BCUT2D eigenvalue weighted by molar-refractivity contribution is 0.0602. The van der Waals surface area contributed by atoms with Crippen molar-refractivity contribution in [2.45, 2.75) is 39.8 Å². The quantitative estimate of drug-likeness (QED) is 0.228. The number of amides is 1. The number of hydrogen-bond acceptors (Lipinski definition) is 5. The number of aromatic nitrogens is 2. The van der Waals surface area contributed by atoms with Crippen LogP contribution in [0.25, 0.3) is 22.1 Å². The Hall–Kier alpha value is -3.94. The van der Waals surface area contributed by atoms with Crippen LogP contribution in [0.5, 0.6) is 0 Å². The van der Waals surface area contributed by atoms with Crippen molar-refractivity contribution in [1.82, 2.24) is 14.5 Å². The molecule has 2 N–H and O–H groups in total. The first-order chi connectivity index (χ1) is 19.3. The number of aryl methyl sites for hydroxylation is 1. The zero-order valence-corrected chi connectivity index (χ0v) is 23.7. The zero-order chi connectivity index (χ0) is 28.4. The Morgan fingerprint density at radius 2 is 1.80 bits per heavy atom. The van der Waals surface area contributed by atoms with Crippen LogP contribution >= 0.6 is 11.6 Å². The van der Waals surface area contributed by atoms with Crippen molar-refractivity contribution in [3.63, 3.8) is 0 Å². The second kappa shape index (κ2) is 11.7. The second-order valence-corrected chi connectivity index (χ2v) is 10.9. The standard InChI is InChI=1S/C32H33ClN4O3/c1-20(2)28(36(17-7-16-34)31(38)23-12-10-21(3)11-13-23)30-35-27-25-18-24(33)14-15-26(25)40-29(27)32(39)37(30)19-22-8-5-4-6-9-22/h4-6,8-15,18,20,28H,7,16-17,19,34H2,1-3H3. The largest absolute Gasteiger partial charge is 0.448 e. The van der Waals surface area contributed by atoms with Gasteiger partial charge in [0, 0.05) is 22.5 Å². The molecule has 1 atom stereocenters. The van der Waals surface area contributed by atoms with E-state index in [-0.39, 0.29) is 29.5 Å². The summed E-state index contributed by atoms with van der Waals surface area (Å²) < 4.78 is 7.66. The summed E-state index contributed by atoms with van der Waals surface area (Å²) >= 11 is 6.32. The average Bonchev–Trinajstić information content (AvgIpc) is 3.31. The molecule has 7 nitrogen and oxygen atoms in total. The number of nitrogens with two attached hydrogens (primary N) is 1. The van der Waals surface area contributed by atoms with Gasteiger partial charge in [0.1, 0.15) is 16.9 Å². The van der Waals surface area contributed by atoms with Crippen LogP contribution in [-0.2, 0) is 6.54 Å². The first-order valence-corrected chi connectivity index (χ1v) is 13.9. The van der Waals surface area contributed by atoms with E-state index in [0.29, 0.717) is 52.4 Å². The summed E-state index contributed by atoms with van der Waals surface area (Å²) in [4.78, 5) is 35.1. The molecule has 40 heavy (non-hydrogen) atoms. The molecule has 1 unspecified atom stereocenters. The molecule has 0 radical (unpaired) electrons. The minimum Gasteiger partial charge on any atom is -0.448 e. The minimum absolute atomic E-state index is 0.0692. The Bertz CT molecular complexity index is 1710. The normalized spacial score (nSPS) is 12.3. The number of nitrogens with zero attached hydrogens (tertiary/aromatic N) is 3. The van der Waals surface area contributed by atoms with Crippen LogP contribution in [0.2, 0.25) is 5.02 Å². The molecular formula is C32H33ClN4O3. The number of fused-ring (bicyclic) bond motifs is 3. The van der Waals surface area contributed by atoms with Crippen molar-refractivity contribution in [2.75, 3.05) is 13.1 Å². The summed E-state index contributed by atoms with van der Waals surface area (Å²) in [5.74, 6) is 0.296.